The van der Waals surface area contributed by atoms with Crippen LogP contribution in [0.15, 0.2) is 216 Å². The molecule has 0 radical (unpaired) electrons. The molecule has 0 aliphatic carbocycles. The van der Waals surface area contributed by atoms with Gasteiger partial charge >= 0.3 is 0 Å². The highest BCUT2D eigenvalue weighted by Crippen LogP contribution is 2.42. The van der Waals surface area contributed by atoms with E-state index in [1.165, 1.54) is 60.5 Å². The van der Waals surface area contributed by atoms with Gasteiger partial charge < -0.3 is 4.42 Å². The molecule has 0 saturated carbocycles. The number of rotatable bonds is 6. The molecule has 59 heavy (non-hydrogen) atoms. The summed E-state index contributed by atoms with van der Waals surface area (Å²) in [7, 11) is 0. The van der Waals surface area contributed by atoms with Crippen LogP contribution in [0, 0.1) is 5.92 Å². The van der Waals surface area contributed by atoms with Crippen molar-refractivity contribution in [2.75, 3.05) is 0 Å². The van der Waals surface area contributed by atoms with Crippen LogP contribution in [0.3, 0.4) is 0 Å². The van der Waals surface area contributed by atoms with Crippen LogP contribution < -0.4 is 0 Å². The van der Waals surface area contributed by atoms with Crippen LogP contribution in [0.1, 0.15) is 36.1 Å². The Hall–Kier alpha value is -7.29. The van der Waals surface area contributed by atoms with Crippen LogP contribution in [0.4, 0.5) is 0 Å². The van der Waals surface area contributed by atoms with E-state index in [9.17, 15) is 0 Å². The van der Waals surface area contributed by atoms with Gasteiger partial charge in [0.25, 0.3) is 0 Å². The molecule has 2 heterocycles. The van der Waals surface area contributed by atoms with Gasteiger partial charge in [-0.3, -0.25) is 4.99 Å². The maximum atomic E-state index is 6.67. The maximum absolute atomic E-state index is 6.67. The summed E-state index contributed by atoms with van der Waals surface area (Å²) in [6.07, 6.45) is 3.25. The van der Waals surface area contributed by atoms with Crippen molar-refractivity contribution in [1.82, 2.24) is 0 Å². The third-order valence-electron chi connectivity index (χ3n) is 12.2. The van der Waals surface area contributed by atoms with Crippen molar-refractivity contribution in [3.05, 3.63) is 223 Å². The van der Waals surface area contributed by atoms with Crippen LogP contribution in [0.2, 0.25) is 0 Å². The van der Waals surface area contributed by atoms with E-state index in [4.69, 9.17) is 9.41 Å². The number of hydrogen-bond donors (Lipinski definition) is 0. The molecule has 2 atom stereocenters. The van der Waals surface area contributed by atoms with Crippen molar-refractivity contribution in [2.45, 2.75) is 19.4 Å². The number of hydrogen-bond acceptors (Lipinski definition) is 2. The van der Waals surface area contributed by atoms with Crippen molar-refractivity contribution >= 4 is 54.8 Å². The first kappa shape index (κ1) is 34.9. The number of fused-ring (bicyclic) bond motifs is 5. The number of allylic oxidation sites excluding steroid dienone is 2. The molecule has 0 N–H and O–H groups in total. The lowest BCUT2D eigenvalue weighted by molar-refractivity contribution is 0.487. The summed E-state index contributed by atoms with van der Waals surface area (Å²) in [5.41, 5.74) is 14.6. The van der Waals surface area contributed by atoms with E-state index in [1.807, 2.05) is 6.07 Å². The van der Waals surface area contributed by atoms with E-state index in [0.29, 0.717) is 0 Å². The maximum Gasteiger partial charge on any atom is 0.136 e. The van der Waals surface area contributed by atoms with E-state index in [0.717, 1.165) is 50.8 Å². The van der Waals surface area contributed by atoms with Crippen LogP contribution in [0.5, 0.6) is 0 Å². The highest BCUT2D eigenvalue weighted by molar-refractivity contribution is 6.24. The van der Waals surface area contributed by atoms with Gasteiger partial charge in [0, 0.05) is 16.3 Å². The van der Waals surface area contributed by atoms with Gasteiger partial charge in [-0.2, -0.15) is 0 Å². The lowest BCUT2D eigenvalue weighted by Crippen LogP contribution is -2.09. The minimum atomic E-state index is -0.0669. The van der Waals surface area contributed by atoms with Gasteiger partial charge in [-0.05, 0) is 114 Å². The number of nitrogens with zero attached hydrogens (tertiary/aromatic N) is 1. The molecule has 11 rings (SSSR count). The molecule has 10 aromatic rings. The van der Waals surface area contributed by atoms with Gasteiger partial charge in [0.1, 0.15) is 11.2 Å². The average molecular weight is 756 g/mol. The Labute approximate surface area is 344 Å². The Morgan fingerprint density at radius 2 is 1.07 bits per heavy atom. The van der Waals surface area contributed by atoms with Gasteiger partial charge in [0.2, 0.25) is 0 Å². The van der Waals surface area contributed by atoms with Crippen molar-refractivity contribution in [3.8, 4) is 33.4 Å². The third-order valence-corrected chi connectivity index (χ3v) is 12.2. The van der Waals surface area contributed by atoms with Crippen LogP contribution >= 0.6 is 0 Å². The summed E-state index contributed by atoms with van der Waals surface area (Å²) < 4.78 is 6.67. The molecular formula is C57H41NO. The minimum Gasteiger partial charge on any atom is -0.456 e. The fourth-order valence-electron chi connectivity index (χ4n) is 9.18. The molecule has 1 aromatic heterocycles. The number of furan rings is 1. The first-order valence-electron chi connectivity index (χ1n) is 20.6. The van der Waals surface area contributed by atoms with Crippen LogP contribution in [0.25, 0.3) is 82.4 Å². The Balaban J connectivity index is 1.09. The minimum absolute atomic E-state index is 0.0669. The van der Waals surface area contributed by atoms with E-state index >= 15 is 0 Å². The molecule has 0 saturated heterocycles. The second-order valence-electron chi connectivity index (χ2n) is 16.0. The first-order valence-corrected chi connectivity index (χ1v) is 20.6. The predicted octanol–water partition coefficient (Wildman–Crippen LogP) is 15.5. The van der Waals surface area contributed by atoms with Crippen LogP contribution in [-0.2, 0) is 0 Å². The van der Waals surface area contributed by atoms with Crippen molar-refractivity contribution < 1.29 is 4.42 Å². The van der Waals surface area contributed by atoms with Crippen molar-refractivity contribution in [1.29, 1.82) is 0 Å². The van der Waals surface area contributed by atoms with E-state index in [2.05, 4.69) is 207 Å². The zero-order valence-corrected chi connectivity index (χ0v) is 32.8. The molecule has 0 fully saturated rings. The monoisotopic (exact) mass is 755 g/mol. The molecule has 2 heteroatoms. The molecule has 1 aliphatic heterocycles. The Morgan fingerprint density at radius 3 is 1.88 bits per heavy atom. The molecule has 280 valence electrons. The highest BCUT2D eigenvalue weighted by atomic mass is 16.3. The van der Waals surface area contributed by atoms with E-state index < -0.39 is 0 Å². The fraction of sp³-hybridized carbons (Fsp3) is 0.0702. The number of benzene rings is 9. The highest BCUT2D eigenvalue weighted by Gasteiger charge is 2.27. The van der Waals surface area contributed by atoms with Crippen LogP contribution in [-0.4, -0.2) is 5.71 Å². The lowest BCUT2D eigenvalue weighted by atomic mass is 9.86. The zero-order chi connectivity index (χ0) is 39.3. The lowest BCUT2D eigenvalue weighted by Gasteiger charge is -2.21. The number of para-hydroxylation sites is 1. The Kier molecular flexibility index (Phi) is 8.63. The summed E-state index contributed by atoms with van der Waals surface area (Å²) in [5.74, 6) is 0.235. The normalized spacial score (nSPS) is 15.7. The standard InChI is InChI=1S/C57H41NO/c1-37-32-47(46-31-26-39-14-5-6-16-45(39)33-46)35-53(58-57(37)44-29-27-43(28-30-44)50-20-11-17-42-15-7-8-18-49(42)50)52-34-48(36-55-56(52)51-19-9-10-21-54(51)59-55)41-24-22-40(23-25-41)38-12-3-2-4-13-38/h2-31,33-37,57H,32H2,1H3. The van der Waals surface area contributed by atoms with E-state index in [1.54, 1.807) is 0 Å². The van der Waals surface area contributed by atoms with Gasteiger partial charge in [-0.25, -0.2) is 0 Å². The molecule has 9 aromatic carbocycles. The summed E-state index contributed by atoms with van der Waals surface area (Å²) >= 11 is 0. The van der Waals surface area contributed by atoms with Gasteiger partial charge in [-0.1, -0.05) is 183 Å². The zero-order valence-electron chi connectivity index (χ0n) is 32.8. The molecule has 0 spiro atoms. The summed E-state index contributed by atoms with van der Waals surface area (Å²) in [6.45, 7) is 2.36. The predicted molar refractivity (Wildman–Crippen MR) is 249 cm³/mol. The Morgan fingerprint density at radius 1 is 0.441 bits per heavy atom. The van der Waals surface area contributed by atoms with Crippen molar-refractivity contribution in [3.63, 3.8) is 0 Å². The molecule has 2 nitrogen and oxygen atoms in total. The topological polar surface area (TPSA) is 25.5 Å². The summed E-state index contributed by atoms with van der Waals surface area (Å²) in [5, 5.41) is 7.19. The quantitative estimate of drug-likeness (QED) is 0.166. The van der Waals surface area contributed by atoms with Gasteiger partial charge in [0.05, 0.1) is 11.8 Å². The number of aliphatic imine (C=N–C) groups is 1. The molecular weight excluding hydrogens is 715 g/mol. The third kappa shape index (κ3) is 6.44. The Bertz CT molecular complexity index is 3230. The fourth-order valence-corrected chi connectivity index (χ4v) is 9.18. The van der Waals surface area contributed by atoms with Gasteiger partial charge in [0.15, 0.2) is 0 Å². The SMILES string of the molecule is CC1CC(c2ccc3ccccc3c2)=CC(c2cc(-c3ccc(-c4ccccc4)cc3)cc3oc4ccccc4c23)=NC1c1ccc(-c2cccc3ccccc23)cc1. The second kappa shape index (κ2) is 14.6. The summed E-state index contributed by atoms with van der Waals surface area (Å²) in [6, 6.07) is 72.2. The second-order valence-corrected chi connectivity index (χ2v) is 16.0. The van der Waals surface area contributed by atoms with Crippen molar-refractivity contribution in [2.24, 2.45) is 10.9 Å². The van der Waals surface area contributed by atoms with E-state index in [-0.39, 0.29) is 12.0 Å². The molecule has 2 unspecified atom stereocenters. The largest absolute Gasteiger partial charge is 0.456 e. The smallest absolute Gasteiger partial charge is 0.136 e. The molecule has 0 bridgehead atoms. The average Bonchev–Trinajstić information content (AvgIpc) is 3.59. The first-order chi connectivity index (χ1) is 29.1. The molecule has 0 amide bonds. The molecule has 1 aliphatic rings. The van der Waals surface area contributed by atoms with Gasteiger partial charge in [-0.15, -0.1) is 0 Å². The summed E-state index contributed by atoms with van der Waals surface area (Å²) in [4.78, 5) is 5.81.